The Kier molecular flexibility index (Phi) is 2.15. The number of rotatable bonds is 2. The van der Waals surface area contributed by atoms with E-state index in [0.717, 1.165) is 5.92 Å². The van der Waals surface area contributed by atoms with Gasteiger partial charge in [0.25, 0.3) is 0 Å². The molecule has 1 fully saturated rings. The smallest absolute Gasteiger partial charge is 0.0819 e. The molecule has 1 aliphatic carbocycles. The second-order valence-corrected chi connectivity index (χ2v) is 2.57. The highest BCUT2D eigenvalue weighted by atomic mass is 16.5. The minimum absolute atomic E-state index is 0.838. The SMILES string of the molecule is CC[C@@H]1CCC1=COC. The maximum atomic E-state index is 4.92. The summed E-state index contributed by atoms with van der Waals surface area (Å²) in [4.78, 5) is 0. The van der Waals surface area contributed by atoms with Crippen molar-refractivity contribution in [1.29, 1.82) is 0 Å². The van der Waals surface area contributed by atoms with E-state index in [9.17, 15) is 0 Å². The molecule has 0 N–H and O–H groups in total. The van der Waals surface area contributed by atoms with E-state index in [2.05, 4.69) is 6.92 Å². The average molecular weight is 126 g/mol. The summed E-state index contributed by atoms with van der Waals surface area (Å²) in [5.74, 6) is 0.838. The molecule has 0 bridgehead atoms. The Morgan fingerprint density at radius 1 is 1.78 bits per heavy atom. The number of allylic oxidation sites excluding steroid dienone is 1. The van der Waals surface area contributed by atoms with E-state index in [1.807, 2.05) is 6.26 Å². The third-order valence-electron chi connectivity index (χ3n) is 2.07. The molecule has 1 nitrogen and oxygen atoms in total. The van der Waals surface area contributed by atoms with Crippen LogP contribution in [0.1, 0.15) is 26.2 Å². The second-order valence-electron chi connectivity index (χ2n) is 2.57. The molecule has 0 radical (unpaired) electrons. The fourth-order valence-electron chi connectivity index (χ4n) is 1.29. The highest BCUT2D eigenvalue weighted by Crippen LogP contribution is 2.35. The summed E-state index contributed by atoms with van der Waals surface area (Å²) in [6, 6.07) is 0. The first-order chi connectivity index (χ1) is 4.38. The molecule has 0 unspecified atom stereocenters. The zero-order valence-electron chi connectivity index (χ0n) is 6.18. The molecule has 1 heteroatoms. The molecule has 0 aliphatic heterocycles. The molecule has 0 heterocycles. The minimum atomic E-state index is 0.838. The van der Waals surface area contributed by atoms with Gasteiger partial charge in [-0.1, -0.05) is 6.92 Å². The number of hydrogen-bond acceptors (Lipinski definition) is 1. The predicted octanol–water partition coefficient (Wildman–Crippen LogP) is 2.34. The lowest BCUT2D eigenvalue weighted by Gasteiger charge is -2.27. The van der Waals surface area contributed by atoms with E-state index in [-0.39, 0.29) is 0 Å². The monoisotopic (exact) mass is 126 g/mol. The van der Waals surface area contributed by atoms with Crippen molar-refractivity contribution in [3.8, 4) is 0 Å². The lowest BCUT2D eigenvalue weighted by molar-refractivity contribution is 0.307. The van der Waals surface area contributed by atoms with Crippen molar-refractivity contribution in [2.24, 2.45) is 5.92 Å². The van der Waals surface area contributed by atoms with Crippen molar-refractivity contribution in [3.05, 3.63) is 11.8 Å². The van der Waals surface area contributed by atoms with Crippen LogP contribution in [0.25, 0.3) is 0 Å². The lowest BCUT2D eigenvalue weighted by atomic mass is 9.78. The molecule has 0 aromatic rings. The molecule has 0 amide bonds. The molecule has 0 saturated heterocycles. The molecular weight excluding hydrogens is 112 g/mol. The average Bonchev–Trinajstić information content (AvgIpc) is 1.82. The molecule has 52 valence electrons. The van der Waals surface area contributed by atoms with Gasteiger partial charge in [-0.05, 0) is 30.8 Å². The van der Waals surface area contributed by atoms with Gasteiger partial charge >= 0.3 is 0 Å². The van der Waals surface area contributed by atoms with Gasteiger partial charge in [0.2, 0.25) is 0 Å². The summed E-state index contributed by atoms with van der Waals surface area (Å²) in [5, 5.41) is 0. The normalized spacial score (nSPS) is 30.0. The Morgan fingerprint density at radius 2 is 2.56 bits per heavy atom. The standard InChI is InChI=1S/C8H14O/c1-3-7-4-5-8(7)6-9-2/h6-7H,3-5H2,1-2H3/t7-/m1/s1. The summed E-state index contributed by atoms with van der Waals surface area (Å²) in [5.41, 5.74) is 1.50. The Labute approximate surface area is 56.7 Å². The molecule has 1 rings (SSSR count). The summed E-state index contributed by atoms with van der Waals surface area (Å²) >= 11 is 0. The van der Waals surface area contributed by atoms with E-state index < -0.39 is 0 Å². The van der Waals surface area contributed by atoms with Gasteiger partial charge in [-0.15, -0.1) is 0 Å². The number of methoxy groups -OCH3 is 1. The molecule has 1 aliphatic rings. The molecule has 9 heavy (non-hydrogen) atoms. The van der Waals surface area contributed by atoms with Crippen molar-refractivity contribution in [2.75, 3.05) is 7.11 Å². The van der Waals surface area contributed by atoms with Crippen molar-refractivity contribution in [2.45, 2.75) is 26.2 Å². The van der Waals surface area contributed by atoms with Crippen LogP contribution in [0, 0.1) is 5.92 Å². The van der Waals surface area contributed by atoms with E-state index in [0.29, 0.717) is 0 Å². The van der Waals surface area contributed by atoms with Crippen molar-refractivity contribution in [1.82, 2.24) is 0 Å². The van der Waals surface area contributed by atoms with Crippen LogP contribution in [0.5, 0.6) is 0 Å². The van der Waals surface area contributed by atoms with Crippen LogP contribution in [0.15, 0.2) is 11.8 Å². The molecule has 0 aromatic heterocycles. The van der Waals surface area contributed by atoms with Gasteiger partial charge in [-0.25, -0.2) is 0 Å². The topological polar surface area (TPSA) is 9.23 Å². The molecule has 1 atom stereocenters. The van der Waals surface area contributed by atoms with Crippen LogP contribution in [0.2, 0.25) is 0 Å². The van der Waals surface area contributed by atoms with Gasteiger partial charge in [-0.3, -0.25) is 0 Å². The van der Waals surface area contributed by atoms with Crippen LogP contribution >= 0.6 is 0 Å². The molecule has 1 saturated carbocycles. The van der Waals surface area contributed by atoms with Crippen molar-refractivity contribution < 1.29 is 4.74 Å². The first kappa shape index (κ1) is 6.66. The number of hydrogen-bond donors (Lipinski definition) is 0. The van der Waals surface area contributed by atoms with E-state index >= 15 is 0 Å². The Morgan fingerprint density at radius 3 is 2.89 bits per heavy atom. The largest absolute Gasteiger partial charge is 0.504 e. The summed E-state index contributed by atoms with van der Waals surface area (Å²) in [7, 11) is 1.72. The summed E-state index contributed by atoms with van der Waals surface area (Å²) < 4.78 is 4.92. The van der Waals surface area contributed by atoms with Gasteiger partial charge in [0.1, 0.15) is 0 Å². The zero-order chi connectivity index (χ0) is 6.69. The first-order valence-electron chi connectivity index (χ1n) is 3.60. The highest BCUT2D eigenvalue weighted by molar-refractivity contribution is 5.12. The van der Waals surface area contributed by atoms with Crippen LogP contribution in [-0.4, -0.2) is 7.11 Å². The van der Waals surface area contributed by atoms with Gasteiger partial charge < -0.3 is 4.74 Å². The van der Waals surface area contributed by atoms with Gasteiger partial charge in [0.15, 0.2) is 0 Å². The lowest BCUT2D eigenvalue weighted by Crippen LogP contribution is -2.14. The number of ether oxygens (including phenoxy) is 1. The van der Waals surface area contributed by atoms with Crippen LogP contribution in [-0.2, 0) is 4.74 Å². The van der Waals surface area contributed by atoms with E-state index in [4.69, 9.17) is 4.74 Å². The molecule has 0 spiro atoms. The Hall–Kier alpha value is -0.460. The highest BCUT2D eigenvalue weighted by Gasteiger charge is 2.21. The predicted molar refractivity (Wildman–Crippen MR) is 38.1 cm³/mol. The maximum Gasteiger partial charge on any atom is 0.0819 e. The van der Waals surface area contributed by atoms with Crippen LogP contribution in [0.4, 0.5) is 0 Å². The zero-order valence-corrected chi connectivity index (χ0v) is 6.18. The van der Waals surface area contributed by atoms with Gasteiger partial charge in [0, 0.05) is 0 Å². The first-order valence-corrected chi connectivity index (χ1v) is 3.60. The van der Waals surface area contributed by atoms with Gasteiger partial charge in [0.05, 0.1) is 13.4 Å². The third-order valence-corrected chi connectivity index (χ3v) is 2.07. The van der Waals surface area contributed by atoms with E-state index in [1.165, 1.54) is 24.8 Å². The summed E-state index contributed by atoms with van der Waals surface area (Å²) in [6.07, 6.45) is 5.80. The third kappa shape index (κ3) is 1.26. The van der Waals surface area contributed by atoms with E-state index in [1.54, 1.807) is 7.11 Å². The molecular formula is C8H14O. The Balaban J connectivity index is 2.35. The minimum Gasteiger partial charge on any atom is -0.504 e. The van der Waals surface area contributed by atoms with Gasteiger partial charge in [-0.2, -0.15) is 0 Å². The maximum absolute atomic E-state index is 4.92. The van der Waals surface area contributed by atoms with Crippen molar-refractivity contribution in [3.63, 3.8) is 0 Å². The molecule has 0 aromatic carbocycles. The summed E-state index contributed by atoms with van der Waals surface area (Å²) in [6.45, 7) is 2.23. The van der Waals surface area contributed by atoms with Crippen molar-refractivity contribution >= 4 is 0 Å². The Bertz CT molecular complexity index is 114. The quantitative estimate of drug-likeness (QED) is 0.516. The second kappa shape index (κ2) is 2.90. The van der Waals surface area contributed by atoms with Crippen LogP contribution < -0.4 is 0 Å². The van der Waals surface area contributed by atoms with Crippen LogP contribution in [0.3, 0.4) is 0 Å². The fourth-order valence-corrected chi connectivity index (χ4v) is 1.29. The fraction of sp³-hybridized carbons (Fsp3) is 0.750.